The van der Waals surface area contributed by atoms with Crippen molar-refractivity contribution in [1.82, 2.24) is 14.8 Å². The van der Waals surface area contributed by atoms with Gasteiger partial charge in [-0.25, -0.2) is 4.98 Å². The second-order valence-electron chi connectivity index (χ2n) is 2.62. The summed E-state index contributed by atoms with van der Waals surface area (Å²) in [5, 5.41) is 6.51. The Hall–Kier alpha value is -1.98. The Morgan fingerprint density at radius 1 is 1.46 bits per heavy atom. The lowest BCUT2D eigenvalue weighted by molar-refractivity contribution is 0.768. The van der Waals surface area contributed by atoms with Crippen LogP contribution in [0.5, 0.6) is 0 Å². The topological polar surface area (TPSA) is 76.9 Å². The first-order valence-electron chi connectivity index (χ1n) is 3.60. The second kappa shape index (κ2) is 2.51. The zero-order chi connectivity index (χ0) is 9.42. The predicted molar refractivity (Wildman–Crippen MR) is 45.6 cm³/mol. The van der Waals surface area contributed by atoms with Crippen molar-refractivity contribution >= 4 is 11.6 Å². The van der Waals surface area contributed by atoms with E-state index in [1.54, 1.807) is 7.05 Å². The van der Waals surface area contributed by atoms with Gasteiger partial charge in [0.1, 0.15) is 6.33 Å². The minimum atomic E-state index is -0.521. The number of aromatic nitrogens is 3. The highest BCUT2D eigenvalue weighted by molar-refractivity contribution is 5.55. The predicted octanol–water partition coefficient (Wildman–Crippen LogP) is -0.845. The number of nitrogens with zero attached hydrogens (tertiary/aromatic N) is 3. The highest BCUT2D eigenvalue weighted by Crippen LogP contribution is 2.04. The van der Waals surface area contributed by atoms with Crippen LogP contribution in [0, 0.1) is 0 Å². The fourth-order valence-electron chi connectivity index (χ4n) is 0.927. The maximum Gasteiger partial charge on any atom is 0.249 e. The summed E-state index contributed by atoms with van der Waals surface area (Å²) in [6.45, 7) is 0. The molecule has 6 nitrogen and oxygen atoms in total. The van der Waals surface area contributed by atoms with E-state index in [1.165, 1.54) is 17.1 Å². The molecular formula is C7H6N4O2. The Kier molecular flexibility index (Phi) is 1.48. The van der Waals surface area contributed by atoms with E-state index in [-0.39, 0.29) is 5.69 Å². The zero-order valence-corrected chi connectivity index (χ0v) is 6.81. The molecule has 0 saturated carbocycles. The molecule has 0 aliphatic rings. The van der Waals surface area contributed by atoms with E-state index < -0.39 is 10.9 Å². The van der Waals surface area contributed by atoms with Gasteiger partial charge in [0.15, 0.2) is 0 Å². The van der Waals surface area contributed by atoms with E-state index >= 15 is 0 Å². The summed E-state index contributed by atoms with van der Waals surface area (Å²) in [7, 11) is 1.71. The summed E-state index contributed by atoms with van der Waals surface area (Å²) in [4.78, 5) is 25.2. The molecule has 0 bridgehead atoms. The smallest absolute Gasteiger partial charge is 0.249 e. The molecule has 1 heterocycles. The molecule has 0 fully saturated rings. The fraction of sp³-hybridized carbons (Fsp3) is 0.143. The fourth-order valence-corrected chi connectivity index (χ4v) is 0.927. The molecule has 0 aliphatic heterocycles. The molecule has 1 N–H and O–H groups in total. The van der Waals surface area contributed by atoms with Crippen LogP contribution in [0.15, 0.2) is 22.0 Å². The van der Waals surface area contributed by atoms with Crippen LogP contribution in [0.2, 0.25) is 0 Å². The number of hydrogen-bond acceptors (Lipinski definition) is 5. The van der Waals surface area contributed by atoms with Crippen molar-refractivity contribution in [3.05, 3.63) is 32.8 Å². The first-order chi connectivity index (χ1) is 6.16. The van der Waals surface area contributed by atoms with E-state index in [2.05, 4.69) is 15.4 Å². The van der Waals surface area contributed by atoms with Gasteiger partial charge < -0.3 is 5.32 Å². The Morgan fingerprint density at radius 2 is 2.23 bits per heavy atom. The molecule has 1 aromatic carbocycles. The highest BCUT2D eigenvalue weighted by Gasteiger charge is 2.10. The Balaban J connectivity index is 2.22. The van der Waals surface area contributed by atoms with Crippen molar-refractivity contribution in [3.8, 4) is 0 Å². The molecule has 13 heavy (non-hydrogen) atoms. The summed E-state index contributed by atoms with van der Waals surface area (Å²) in [6, 6.07) is 1.22. The van der Waals surface area contributed by atoms with E-state index in [0.717, 1.165) is 0 Å². The minimum absolute atomic E-state index is 0.246. The van der Waals surface area contributed by atoms with Crippen LogP contribution >= 0.6 is 0 Å². The van der Waals surface area contributed by atoms with Gasteiger partial charge in [-0.15, -0.1) is 5.10 Å². The molecule has 66 valence electrons. The third-order valence-corrected chi connectivity index (χ3v) is 1.59. The standard InChI is InChI=1S/C7H6N4O2/c1-11-3-8-7(10-11)9-4-2-5(12)6(4)13/h2-3H,1H3,(H,9,10). The molecule has 0 amide bonds. The summed E-state index contributed by atoms with van der Waals surface area (Å²) >= 11 is 0. The Bertz CT molecular complexity index is 506. The largest absolute Gasteiger partial charge is 0.319 e. The van der Waals surface area contributed by atoms with Gasteiger partial charge in [0.05, 0.1) is 5.69 Å². The lowest BCUT2D eigenvalue weighted by Gasteiger charge is -1.99. The zero-order valence-electron chi connectivity index (χ0n) is 6.81. The average Bonchev–Trinajstić information content (AvgIpc) is 2.50. The van der Waals surface area contributed by atoms with Crippen molar-refractivity contribution < 1.29 is 0 Å². The van der Waals surface area contributed by atoms with Crippen LogP contribution in [-0.2, 0) is 7.05 Å². The molecule has 0 aliphatic carbocycles. The van der Waals surface area contributed by atoms with Gasteiger partial charge in [-0.2, -0.15) is 0 Å². The third kappa shape index (κ3) is 1.22. The number of hydrogen-bond donors (Lipinski definition) is 1. The summed E-state index contributed by atoms with van der Waals surface area (Å²) in [5.74, 6) is 0.314. The van der Waals surface area contributed by atoms with Crippen molar-refractivity contribution in [1.29, 1.82) is 0 Å². The van der Waals surface area contributed by atoms with Gasteiger partial charge in [0.25, 0.3) is 0 Å². The lowest BCUT2D eigenvalue weighted by Crippen LogP contribution is -2.31. The minimum Gasteiger partial charge on any atom is -0.319 e. The van der Waals surface area contributed by atoms with Crippen LogP contribution in [-0.4, -0.2) is 14.8 Å². The lowest BCUT2D eigenvalue weighted by atomic mass is 10.2. The van der Waals surface area contributed by atoms with Crippen LogP contribution in [0.25, 0.3) is 0 Å². The van der Waals surface area contributed by atoms with Gasteiger partial charge in [-0.05, 0) is 0 Å². The SMILES string of the molecule is Cn1cnc(Nc2cc(=O)c2=O)n1. The molecule has 2 rings (SSSR count). The van der Waals surface area contributed by atoms with Gasteiger partial charge in [0.2, 0.25) is 16.8 Å². The quantitative estimate of drug-likeness (QED) is 0.606. The van der Waals surface area contributed by atoms with Crippen LogP contribution in [0.4, 0.5) is 11.6 Å². The molecule has 0 atom stereocenters. The van der Waals surface area contributed by atoms with Gasteiger partial charge >= 0.3 is 0 Å². The summed E-state index contributed by atoms with van der Waals surface area (Å²) in [6.07, 6.45) is 1.49. The highest BCUT2D eigenvalue weighted by atomic mass is 16.2. The molecule has 0 spiro atoms. The molecule has 0 saturated heterocycles. The van der Waals surface area contributed by atoms with E-state index in [4.69, 9.17) is 0 Å². The molecule has 0 unspecified atom stereocenters. The van der Waals surface area contributed by atoms with Crippen molar-refractivity contribution in [2.45, 2.75) is 0 Å². The Morgan fingerprint density at radius 3 is 2.69 bits per heavy atom. The second-order valence-corrected chi connectivity index (χ2v) is 2.62. The first-order valence-corrected chi connectivity index (χ1v) is 3.60. The van der Waals surface area contributed by atoms with Crippen molar-refractivity contribution in [2.24, 2.45) is 7.05 Å². The van der Waals surface area contributed by atoms with E-state index in [0.29, 0.717) is 5.95 Å². The van der Waals surface area contributed by atoms with Crippen LogP contribution < -0.4 is 16.2 Å². The van der Waals surface area contributed by atoms with Crippen molar-refractivity contribution in [3.63, 3.8) is 0 Å². The number of aryl methyl sites for hydroxylation is 1. The van der Waals surface area contributed by atoms with E-state index in [9.17, 15) is 9.59 Å². The summed E-state index contributed by atoms with van der Waals surface area (Å²) < 4.78 is 1.49. The average molecular weight is 178 g/mol. The van der Waals surface area contributed by atoms with Crippen LogP contribution in [0.1, 0.15) is 0 Å². The van der Waals surface area contributed by atoms with Crippen molar-refractivity contribution in [2.75, 3.05) is 5.32 Å². The molecule has 0 radical (unpaired) electrons. The maximum atomic E-state index is 10.8. The van der Waals surface area contributed by atoms with Gasteiger partial charge in [0, 0.05) is 13.1 Å². The van der Waals surface area contributed by atoms with Gasteiger partial charge in [-0.1, -0.05) is 0 Å². The first kappa shape index (κ1) is 7.66. The number of rotatable bonds is 2. The maximum absolute atomic E-state index is 10.8. The monoisotopic (exact) mass is 178 g/mol. The number of nitrogens with one attached hydrogen (secondary N) is 1. The number of anilines is 2. The summed E-state index contributed by atoms with van der Waals surface area (Å²) in [5.41, 5.74) is -0.762. The molecule has 2 aromatic rings. The third-order valence-electron chi connectivity index (χ3n) is 1.59. The molecular weight excluding hydrogens is 172 g/mol. The Labute approximate surface area is 72.5 Å². The normalized spacial score (nSPS) is 10.5. The molecule has 1 aromatic heterocycles. The van der Waals surface area contributed by atoms with E-state index in [1.807, 2.05) is 0 Å². The van der Waals surface area contributed by atoms with Gasteiger partial charge in [-0.3, -0.25) is 14.3 Å². The molecule has 6 heteroatoms. The van der Waals surface area contributed by atoms with Crippen LogP contribution in [0.3, 0.4) is 0 Å².